The molecule has 0 amide bonds. The molecule has 0 aliphatic carbocycles. The summed E-state index contributed by atoms with van der Waals surface area (Å²) in [6.45, 7) is 0. The Labute approximate surface area is 129 Å². The lowest BCUT2D eigenvalue weighted by atomic mass is 10.2. The number of carboxylic acids is 1. The van der Waals surface area contributed by atoms with Gasteiger partial charge in [-0.25, -0.2) is 9.48 Å². The Kier molecular flexibility index (Phi) is 3.55. The molecule has 0 unspecified atom stereocenters. The molecule has 3 aromatic rings. The van der Waals surface area contributed by atoms with E-state index in [-0.39, 0.29) is 11.4 Å². The fourth-order valence-electron chi connectivity index (χ4n) is 2.13. The Bertz CT molecular complexity index is 872. The summed E-state index contributed by atoms with van der Waals surface area (Å²) in [5, 5.41) is 23.9. The number of nitrogens with zero attached hydrogens (tertiary/aromatic N) is 4. The van der Waals surface area contributed by atoms with E-state index in [2.05, 4.69) is 10.1 Å². The molecular formula is C15H10N4O4. The number of carbonyl (C=O) groups is 1. The highest BCUT2D eigenvalue weighted by Crippen LogP contribution is 2.24. The number of nitro benzene ring substituents is 1. The molecule has 0 fully saturated rings. The van der Waals surface area contributed by atoms with Gasteiger partial charge >= 0.3 is 5.97 Å². The monoisotopic (exact) mass is 310 g/mol. The van der Waals surface area contributed by atoms with Gasteiger partial charge in [0.15, 0.2) is 5.69 Å². The third-order valence-electron chi connectivity index (χ3n) is 3.21. The van der Waals surface area contributed by atoms with Gasteiger partial charge in [0.05, 0.1) is 16.3 Å². The zero-order chi connectivity index (χ0) is 16.4. The first kappa shape index (κ1) is 14.4. The lowest BCUT2D eigenvalue weighted by Crippen LogP contribution is -2.02. The zero-order valence-electron chi connectivity index (χ0n) is 11.7. The first-order valence-electron chi connectivity index (χ1n) is 6.55. The maximum Gasteiger partial charge on any atom is 0.356 e. The highest BCUT2D eigenvalue weighted by Gasteiger charge is 2.16. The van der Waals surface area contributed by atoms with Gasteiger partial charge in [-0.3, -0.25) is 15.1 Å². The van der Waals surface area contributed by atoms with Gasteiger partial charge in [-0.1, -0.05) is 0 Å². The van der Waals surface area contributed by atoms with Crippen molar-refractivity contribution in [1.29, 1.82) is 0 Å². The number of pyridine rings is 1. The van der Waals surface area contributed by atoms with Crippen molar-refractivity contribution in [3.63, 3.8) is 0 Å². The summed E-state index contributed by atoms with van der Waals surface area (Å²) >= 11 is 0. The lowest BCUT2D eigenvalue weighted by Gasteiger charge is -2.07. The standard InChI is InChI=1S/C15H10N4O4/c20-15(21)13-9-14(10-5-7-16-8-6-10)18(17-13)11-1-3-12(4-2-11)19(22)23/h1-9H,(H,20,21). The number of non-ortho nitro benzene ring substituents is 1. The molecule has 1 aromatic carbocycles. The predicted molar refractivity (Wildman–Crippen MR) is 80.4 cm³/mol. The number of aromatic nitrogens is 3. The summed E-state index contributed by atoms with van der Waals surface area (Å²) in [6, 6.07) is 10.6. The summed E-state index contributed by atoms with van der Waals surface area (Å²) in [4.78, 5) is 25.3. The smallest absolute Gasteiger partial charge is 0.356 e. The van der Waals surface area contributed by atoms with Crippen LogP contribution in [0.15, 0.2) is 54.9 Å². The number of carboxylic acid groups (broad SMARTS) is 1. The molecule has 2 aromatic heterocycles. The molecule has 2 heterocycles. The van der Waals surface area contributed by atoms with Crippen LogP contribution in [0, 0.1) is 10.1 Å². The SMILES string of the molecule is O=C(O)c1cc(-c2ccncc2)n(-c2ccc([N+](=O)[O-])cc2)n1. The largest absolute Gasteiger partial charge is 0.476 e. The predicted octanol–water partition coefficient (Wildman–Crippen LogP) is 2.54. The van der Waals surface area contributed by atoms with Crippen molar-refractivity contribution in [2.75, 3.05) is 0 Å². The Morgan fingerprint density at radius 1 is 1.13 bits per heavy atom. The Morgan fingerprint density at radius 2 is 1.78 bits per heavy atom. The molecule has 0 spiro atoms. The van der Waals surface area contributed by atoms with E-state index in [0.29, 0.717) is 11.4 Å². The van der Waals surface area contributed by atoms with Crippen LogP contribution in [-0.2, 0) is 0 Å². The van der Waals surface area contributed by atoms with E-state index in [9.17, 15) is 14.9 Å². The first-order chi connectivity index (χ1) is 11.1. The molecule has 0 radical (unpaired) electrons. The Balaban J connectivity index is 2.14. The summed E-state index contributed by atoms with van der Waals surface area (Å²) in [6.07, 6.45) is 3.17. The second-order valence-electron chi connectivity index (χ2n) is 4.64. The van der Waals surface area contributed by atoms with Crippen LogP contribution >= 0.6 is 0 Å². The highest BCUT2D eigenvalue weighted by atomic mass is 16.6. The van der Waals surface area contributed by atoms with E-state index in [1.807, 2.05) is 0 Å². The van der Waals surface area contributed by atoms with Crippen molar-refractivity contribution in [3.05, 3.63) is 70.7 Å². The molecule has 0 aliphatic heterocycles. The van der Waals surface area contributed by atoms with Crippen molar-refractivity contribution in [3.8, 4) is 16.9 Å². The van der Waals surface area contributed by atoms with Crippen LogP contribution in [0.2, 0.25) is 0 Å². The molecule has 8 heteroatoms. The van der Waals surface area contributed by atoms with Gasteiger partial charge < -0.3 is 5.11 Å². The molecule has 23 heavy (non-hydrogen) atoms. The van der Waals surface area contributed by atoms with E-state index in [1.165, 1.54) is 35.0 Å². The van der Waals surface area contributed by atoms with Crippen LogP contribution < -0.4 is 0 Å². The highest BCUT2D eigenvalue weighted by molar-refractivity contribution is 5.87. The molecule has 0 saturated heterocycles. The van der Waals surface area contributed by atoms with Crippen molar-refractivity contribution < 1.29 is 14.8 Å². The Morgan fingerprint density at radius 3 is 2.35 bits per heavy atom. The fraction of sp³-hybridized carbons (Fsp3) is 0. The molecular weight excluding hydrogens is 300 g/mol. The summed E-state index contributed by atoms with van der Waals surface area (Å²) in [5.74, 6) is -1.15. The van der Waals surface area contributed by atoms with E-state index < -0.39 is 10.9 Å². The molecule has 3 rings (SSSR count). The number of benzene rings is 1. The van der Waals surface area contributed by atoms with Crippen LogP contribution in [0.25, 0.3) is 16.9 Å². The second-order valence-corrected chi connectivity index (χ2v) is 4.64. The van der Waals surface area contributed by atoms with Gasteiger partial charge in [0.25, 0.3) is 5.69 Å². The summed E-state index contributed by atoms with van der Waals surface area (Å²) < 4.78 is 1.43. The van der Waals surface area contributed by atoms with Crippen LogP contribution in [0.4, 0.5) is 5.69 Å². The van der Waals surface area contributed by atoms with Crippen LogP contribution in [0.3, 0.4) is 0 Å². The molecule has 114 valence electrons. The molecule has 8 nitrogen and oxygen atoms in total. The minimum atomic E-state index is -1.15. The topological polar surface area (TPSA) is 111 Å². The second kappa shape index (κ2) is 5.68. The maximum absolute atomic E-state index is 11.2. The maximum atomic E-state index is 11.2. The van der Waals surface area contributed by atoms with Gasteiger partial charge in [-0.2, -0.15) is 5.10 Å². The number of aromatic carboxylic acids is 1. The van der Waals surface area contributed by atoms with Crippen LogP contribution in [-0.4, -0.2) is 30.8 Å². The summed E-state index contributed by atoms with van der Waals surface area (Å²) in [7, 11) is 0. The zero-order valence-corrected chi connectivity index (χ0v) is 11.7. The van der Waals surface area contributed by atoms with E-state index in [1.54, 1.807) is 24.5 Å². The van der Waals surface area contributed by atoms with Crippen molar-refractivity contribution in [2.24, 2.45) is 0 Å². The van der Waals surface area contributed by atoms with Gasteiger partial charge in [0.1, 0.15) is 0 Å². The molecule has 0 aliphatic rings. The average molecular weight is 310 g/mol. The quantitative estimate of drug-likeness (QED) is 0.585. The van der Waals surface area contributed by atoms with E-state index in [0.717, 1.165) is 5.56 Å². The molecule has 0 bridgehead atoms. The molecule has 0 saturated carbocycles. The minimum Gasteiger partial charge on any atom is -0.476 e. The van der Waals surface area contributed by atoms with E-state index >= 15 is 0 Å². The van der Waals surface area contributed by atoms with Gasteiger partial charge in [0, 0.05) is 30.1 Å². The molecule has 0 atom stereocenters. The van der Waals surface area contributed by atoms with Gasteiger partial charge in [-0.15, -0.1) is 0 Å². The lowest BCUT2D eigenvalue weighted by molar-refractivity contribution is -0.384. The first-order valence-corrected chi connectivity index (χ1v) is 6.55. The van der Waals surface area contributed by atoms with Crippen molar-refractivity contribution in [2.45, 2.75) is 0 Å². The van der Waals surface area contributed by atoms with Crippen molar-refractivity contribution >= 4 is 11.7 Å². The third-order valence-corrected chi connectivity index (χ3v) is 3.21. The summed E-state index contributed by atoms with van der Waals surface area (Å²) in [5.41, 5.74) is 1.65. The average Bonchev–Trinajstić information content (AvgIpc) is 3.01. The van der Waals surface area contributed by atoms with E-state index in [4.69, 9.17) is 5.11 Å². The normalized spacial score (nSPS) is 10.4. The number of rotatable bonds is 4. The minimum absolute atomic E-state index is 0.0511. The van der Waals surface area contributed by atoms with Gasteiger partial charge in [-0.05, 0) is 30.3 Å². The Hall–Kier alpha value is -3.55. The number of hydrogen-bond acceptors (Lipinski definition) is 5. The van der Waals surface area contributed by atoms with Crippen molar-refractivity contribution in [1.82, 2.24) is 14.8 Å². The van der Waals surface area contributed by atoms with Crippen LogP contribution in [0.1, 0.15) is 10.5 Å². The molecule has 1 N–H and O–H groups in total. The van der Waals surface area contributed by atoms with Gasteiger partial charge in [0.2, 0.25) is 0 Å². The third kappa shape index (κ3) is 2.77. The number of nitro groups is 1. The fourth-order valence-corrected chi connectivity index (χ4v) is 2.13. The number of hydrogen-bond donors (Lipinski definition) is 1. The van der Waals surface area contributed by atoms with Crippen LogP contribution in [0.5, 0.6) is 0 Å².